The molecule has 0 radical (unpaired) electrons. The third-order valence-corrected chi connectivity index (χ3v) is 2.68. The molecule has 2 rings (SSSR count). The molecule has 0 saturated carbocycles. The second kappa shape index (κ2) is 4.09. The summed E-state index contributed by atoms with van der Waals surface area (Å²) in [5, 5.41) is 20.3. The second-order valence-corrected chi connectivity index (χ2v) is 4.23. The number of nitrogens with zero attached hydrogens (tertiary/aromatic N) is 3. The molecule has 0 bridgehead atoms. The lowest BCUT2D eigenvalue weighted by molar-refractivity contribution is -0.388. The summed E-state index contributed by atoms with van der Waals surface area (Å²) in [4.78, 5) is 12.3. The van der Waals surface area contributed by atoms with E-state index in [1.54, 1.807) is 0 Å². The summed E-state index contributed by atoms with van der Waals surface area (Å²) >= 11 is 0. The van der Waals surface area contributed by atoms with Crippen molar-refractivity contribution in [2.45, 2.75) is 25.9 Å². The molecular weight excluding hydrogens is 210 g/mol. The van der Waals surface area contributed by atoms with Gasteiger partial charge in [-0.3, -0.25) is 0 Å². The first-order chi connectivity index (χ1) is 7.58. The summed E-state index contributed by atoms with van der Waals surface area (Å²) in [5.41, 5.74) is 0.574. The van der Waals surface area contributed by atoms with Gasteiger partial charge in [0.1, 0.15) is 6.20 Å². The lowest BCUT2D eigenvalue weighted by Crippen LogP contribution is -2.54. The topological polar surface area (TPSA) is 87.1 Å². The third kappa shape index (κ3) is 1.99. The molecule has 0 spiro atoms. The quantitative estimate of drug-likeness (QED) is 0.565. The van der Waals surface area contributed by atoms with Crippen LogP contribution in [0.1, 0.15) is 13.8 Å². The zero-order chi connectivity index (χ0) is 11.7. The van der Waals surface area contributed by atoms with Crippen molar-refractivity contribution in [2.24, 2.45) is 0 Å². The first-order valence-corrected chi connectivity index (χ1v) is 5.26. The molecule has 1 aromatic heterocycles. The number of aromatic nitrogens is 2. The van der Waals surface area contributed by atoms with Gasteiger partial charge >= 0.3 is 5.82 Å². The van der Waals surface area contributed by atoms with E-state index in [-0.39, 0.29) is 5.82 Å². The molecule has 7 heteroatoms. The largest absolute Gasteiger partial charge is 0.366 e. The van der Waals surface area contributed by atoms with E-state index in [4.69, 9.17) is 0 Å². The minimum absolute atomic E-state index is 0.0266. The van der Waals surface area contributed by atoms with E-state index in [1.807, 2.05) is 4.90 Å². The van der Waals surface area contributed by atoms with Crippen molar-refractivity contribution < 1.29 is 4.92 Å². The van der Waals surface area contributed by atoms with Gasteiger partial charge < -0.3 is 20.3 Å². The minimum Gasteiger partial charge on any atom is -0.360 e. The Morgan fingerprint density at radius 2 is 2.12 bits per heavy atom. The number of hydrogen-bond donors (Lipinski definition) is 2. The van der Waals surface area contributed by atoms with Gasteiger partial charge in [0.25, 0.3) is 0 Å². The SMILES string of the molecule is CC1CN(c2cn[nH]c2[N+](=O)[O-])CC(C)N1. The molecule has 1 aliphatic rings. The summed E-state index contributed by atoms with van der Waals surface area (Å²) in [5.74, 6) is -0.0266. The highest BCUT2D eigenvalue weighted by Crippen LogP contribution is 2.26. The Morgan fingerprint density at radius 1 is 1.50 bits per heavy atom. The standard InChI is InChI=1S/C9H15N5O2/c1-6-4-13(5-7(2)11-6)8-3-10-12-9(8)14(15)16/h3,6-7,11H,4-5H2,1-2H3,(H,10,12). The molecule has 1 fully saturated rings. The summed E-state index contributed by atoms with van der Waals surface area (Å²) < 4.78 is 0. The molecule has 1 aromatic rings. The third-order valence-electron chi connectivity index (χ3n) is 2.68. The van der Waals surface area contributed by atoms with E-state index in [9.17, 15) is 10.1 Å². The van der Waals surface area contributed by atoms with Crippen LogP contribution in [0.2, 0.25) is 0 Å². The number of nitrogens with one attached hydrogen (secondary N) is 2. The Hall–Kier alpha value is -1.63. The molecule has 2 N–H and O–H groups in total. The highest BCUT2D eigenvalue weighted by atomic mass is 16.6. The molecule has 2 atom stereocenters. The van der Waals surface area contributed by atoms with Crippen LogP contribution in [0.15, 0.2) is 6.20 Å². The first-order valence-electron chi connectivity index (χ1n) is 5.26. The lowest BCUT2D eigenvalue weighted by Gasteiger charge is -2.36. The molecule has 16 heavy (non-hydrogen) atoms. The van der Waals surface area contributed by atoms with Gasteiger partial charge in [-0.15, -0.1) is 5.10 Å². The van der Waals surface area contributed by atoms with Gasteiger partial charge in [-0.05, 0) is 18.8 Å². The number of piperazine rings is 1. The van der Waals surface area contributed by atoms with Gasteiger partial charge in [-0.1, -0.05) is 5.10 Å². The molecule has 2 unspecified atom stereocenters. The normalized spacial score (nSPS) is 25.8. The summed E-state index contributed by atoms with van der Waals surface area (Å²) in [6.45, 7) is 5.64. The maximum atomic E-state index is 10.8. The van der Waals surface area contributed by atoms with E-state index >= 15 is 0 Å². The van der Waals surface area contributed by atoms with Crippen LogP contribution in [0.3, 0.4) is 0 Å². The summed E-state index contributed by atoms with van der Waals surface area (Å²) in [6, 6.07) is 0.636. The Kier molecular flexibility index (Phi) is 2.78. The average molecular weight is 225 g/mol. The highest BCUT2D eigenvalue weighted by molar-refractivity contribution is 5.58. The molecule has 1 saturated heterocycles. The van der Waals surface area contributed by atoms with Crippen LogP contribution in [-0.2, 0) is 0 Å². The zero-order valence-corrected chi connectivity index (χ0v) is 9.30. The van der Waals surface area contributed by atoms with Crippen LogP contribution in [0.4, 0.5) is 11.5 Å². The van der Waals surface area contributed by atoms with Crippen molar-refractivity contribution in [1.29, 1.82) is 0 Å². The van der Waals surface area contributed by atoms with Crippen molar-refractivity contribution in [1.82, 2.24) is 15.5 Å². The Balaban J connectivity index is 2.23. The van der Waals surface area contributed by atoms with Gasteiger partial charge in [0.2, 0.25) is 0 Å². The van der Waals surface area contributed by atoms with E-state index in [1.165, 1.54) is 6.20 Å². The van der Waals surface area contributed by atoms with Crippen LogP contribution in [-0.4, -0.2) is 40.3 Å². The van der Waals surface area contributed by atoms with Crippen LogP contribution in [0.25, 0.3) is 0 Å². The van der Waals surface area contributed by atoms with E-state index < -0.39 is 4.92 Å². The smallest absolute Gasteiger partial charge is 0.360 e. The fourth-order valence-electron chi connectivity index (χ4n) is 2.16. The maximum absolute atomic E-state index is 10.8. The number of hydrogen-bond acceptors (Lipinski definition) is 5. The number of aromatic amines is 1. The number of H-pyrrole nitrogens is 1. The van der Waals surface area contributed by atoms with Crippen LogP contribution in [0, 0.1) is 10.1 Å². The molecule has 0 aliphatic carbocycles. The fraction of sp³-hybridized carbons (Fsp3) is 0.667. The van der Waals surface area contributed by atoms with Crippen molar-refractivity contribution in [3.63, 3.8) is 0 Å². The molecule has 1 aliphatic heterocycles. The summed E-state index contributed by atoms with van der Waals surface area (Å²) in [7, 11) is 0. The van der Waals surface area contributed by atoms with Crippen molar-refractivity contribution in [3.05, 3.63) is 16.3 Å². The zero-order valence-electron chi connectivity index (χ0n) is 9.30. The van der Waals surface area contributed by atoms with Crippen LogP contribution in [0.5, 0.6) is 0 Å². The van der Waals surface area contributed by atoms with Gasteiger partial charge in [0, 0.05) is 25.2 Å². The molecule has 0 aromatic carbocycles. The maximum Gasteiger partial charge on any atom is 0.366 e. The van der Waals surface area contributed by atoms with Gasteiger partial charge in [-0.2, -0.15) is 0 Å². The molecular formula is C9H15N5O2. The number of rotatable bonds is 2. The molecule has 0 amide bonds. The highest BCUT2D eigenvalue weighted by Gasteiger charge is 2.27. The Morgan fingerprint density at radius 3 is 2.69 bits per heavy atom. The second-order valence-electron chi connectivity index (χ2n) is 4.23. The number of anilines is 1. The Labute approximate surface area is 93.0 Å². The molecule has 7 nitrogen and oxygen atoms in total. The fourth-order valence-corrected chi connectivity index (χ4v) is 2.16. The summed E-state index contributed by atoms with van der Waals surface area (Å²) in [6.07, 6.45) is 1.52. The first kappa shape index (κ1) is 10.9. The van der Waals surface area contributed by atoms with Crippen LogP contribution < -0.4 is 10.2 Å². The van der Waals surface area contributed by atoms with E-state index in [0.717, 1.165) is 13.1 Å². The van der Waals surface area contributed by atoms with E-state index in [0.29, 0.717) is 17.8 Å². The molecule has 88 valence electrons. The number of nitro groups is 1. The predicted octanol–water partition coefficient (Wildman–Crippen LogP) is 0.505. The van der Waals surface area contributed by atoms with Crippen molar-refractivity contribution >= 4 is 11.5 Å². The Bertz CT molecular complexity index is 381. The van der Waals surface area contributed by atoms with Crippen molar-refractivity contribution in [3.8, 4) is 0 Å². The average Bonchev–Trinajstić information content (AvgIpc) is 2.63. The lowest BCUT2D eigenvalue weighted by atomic mass is 10.1. The van der Waals surface area contributed by atoms with E-state index in [2.05, 4.69) is 29.4 Å². The van der Waals surface area contributed by atoms with Gasteiger partial charge in [-0.25, -0.2) is 0 Å². The molecule has 2 heterocycles. The van der Waals surface area contributed by atoms with Crippen molar-refractivity contribution in [2.75, 3.05) is 18.0 Å². The van der Waals surface area contributed by atoms with Gasteiger partial charge in [0.15, 0.2) is 5.69 Å². The monoisotopic (exact) mass is 225 g/mol. The van der Waals surface area contributed by atoms with Crippen LogP contribution >= 0.6 is 0 Å². The minimum atomic E-state index is -0.431. The predicted molar refractivity (Wildman–Crippen MR) is 59.5 cm³/mol. The van der Waals surface area contributed by atoms with Gasteiger partial charge in [0.05, 0.1) is 0 Å².